The van der Waals surface area contributed by atoms with Crippen molar-refractivity contribution in [3.05, 3.63) is 52.1 Å². The van der Waals surface area contributed by atoms with Gasteiger partial charge in [-0.05, 0) is 72.0 Å². The Morgan fingerprint density at radius 3 is 2.52 bits per heavy atom. The molecular formula is C17H19IN2O4S. The summed E-state index contributed by atoms with van der Waals surface area (Å²) in [5.74, 6) is 0.356. The number of carbonyl (C=O) groups excluding carboxylic acids is 1. The number of carbonyl (C=O) groups is 1. The summed E-state index contributed by atoms with van der Waals surface area (Å²) < 4.78 is 33.1. The molecule has 6 nitrogen and oxygen atoms in total. The number of hydrogen-bond donors (Lipinski definition) is 2. The van der Waals surface area contributed by atoms with Crippen LogP contribution in [0.2, 0.25) is 0 Å². The molecule has 2 aromatic rings. The second-order valence-corrected chi connectivity index (χ2v) is 8.12. The van der Waals surface area contributed by atoms with Crippen LogP contribution in [-0.2, 0) is 14.8 Å². The van der Waals surface area contributed by atoms with E-state index in [1.807, 2.05) is 25.1 Å². The Hall–Kier alpha value is -1.65. The highest BCUT2D eigenvalue weighted by atomic mass is 127. The van der Waals surface area contributed by atoms with Crippen molar-refractivity contribution in [3.63, 3.8) is 0 Å². The SMILES string of the molecule is CCOc1ccc(S(=O)(=O)NCCC(=O)Nc2cccc(I)c2)cc1. The summed E-state index contributed by atoms with van der Waals surface area (Å²) in [6.45, 7) is 2.39. The summed E-state index contributed by atoms with van der Waals surface area (Å²) in [6, 6.07) is 13.5. The predicted molar refractivity (Wildman–Crippen MR) is 105 cm³/mol. The number of nitrogens with one attached hydrogen (secondary N) is 2. The maximum Gasteiger partial charge on any atom is 0.240 e. The fourth-order valence-electron chi connectivity index (χ4n) is 2.05. The van der Waals surface area contributed by atoms with Crippen LogP contribution in [0.5, 0.6) is 5.75 Å². The molecule has 0 unspecified atom stereocenters. The Kier molecular flexibility index (Phi) is 7.21. The van der Waals surface area contributed by atoms with Gasteiger partial charge in [0.2, 0.25) is 15.9 Å². The minimum atomic E-state index is -3.65. The molecular weight excluding hydrogens is 455 g/mol. The first kappa shape index (κ1) is 19.7. The van der Waals surface area contributed by atoms with Crippen LogP contribution < -0.4 is 14.8 Å². The van der Waals surface area contributed by atoms with Crippen LogP contribution in [0.25, 0.3) is 0 Å². The molecule has 0 aliphatic rings. The van der Waals surface area contributed by atoms with Gasteiger partial charge in [0.1, 0.15) is 5.75 Å². The molecule has 0 saturated heterocycles. The number of anilines is 1. The van der Waals surface area contributed by atoms with Gasteiger partial charge >= 0.3 is 0 Å². The molecule has 2 rings (SSSR count). The van der Waals surface area contributed by atoms with Gasteiger partial charge in [-0.1, -0.05) is 6.07 Å². The molecule has 0 spiro atoms. The Labute approximate surface area is 161 Å². The fraction of sp³-hybridized carbons (Fsp3) is 0.235. The minimum Gasteiger partial charge on any atom is -0.494 e. The smallest absolute Gasteiger partial charge is 0.240 e. The Bertz CT molecular complexity index is 823. The molecule has 8 heteroatoms. The normalized spacial score (nSPS) is 11.1. The van der Waals surface area contributed by atoms with Crippen LogP contribution in [0, 0.1) is 3.57 Å². The Balaban J connectivity index is 1.86. The van der Waals surface area contributed by atoms with Crippen molar-refractivity contribution in [2.45, 2.75) is 18.2 Å². The van der Waals surface area contributed by atoms with Crippen molar-refractivity contribution < 1.29 is 17.9 Å². The van der Waals surface area contributed by atoms with E-state index in [4.69, 9.17) is 4.74 Å². The fourth-order valence-corrected chi connectivity index (χ4v) is 3.63. The average molecular weight is 474 g/mol. The monoisotopic (exact) mass is 474 g/mol. The summed E-state index contributed by atoms with van der Waals surface area (Å²) in [5.41, 5.74) is 0.686. The second-order valence-electron chi connectivity index (χ2n) is 5.11. The maximum atomic E-state index is 12.2. The molecule has 0 aliphatic carbocycles. The Morgan fingerprint density at radius 1 is 1.16 bits per heavy atom. The zero-order valence-corrected chi connectivity index (χ0v) is 16.6. The molecule has 0 aliphatic heterocycles. The third-order valence-corrected chi connectivity index (χ3v) is 5.35. The van der Waals surface area contributed by atoms with Crippen molar-refractivity contribution in [1.29, 1.82) is 0 Å². The van der Waals surface area contributed by atoms with Gasteiger partial charge in [0.25, 0.3) is 0 Å². The number of hydrogen-bond acceptors (Lipinski definition) is 4. The molecule has 2 aromatic carbocycles. The van der Waals surface area contributed by atoms with Crippen LogP contribution in [0.1, 0.15) is 13.3 Å². The highest BCUT2D eigenvalue weighted by molar-refractivity contribution is 14.1. The first-order valence-corrected chi connectivity index (χ1v) is 10.2. The van der Waals surface area contributed by atoms with E-state index in [0.717, 1.165) is 3.57 Å². The molecule has 0 bridgehead atoms. The van der Waals surface area contributed by atoms with Crippen molar-refractivity contribution in [2.24, 2.45) is 0 Å². The second kappa shape index (κ2) is 9.16. The number of benzene rings is 2. The number of amides is 1. The van der Waals surface area contributed by atoms with E-state index < -0.39 is 10.0 Å². The third-order valence-electron chi connectivity index (χ3n) is 3.20. The van der Waals surface area contributed by atoms with Gasteiger partial charge in [-0.2, -0.15) is 0 Å². The van der Waals surface area contributed by atoms with Crippen molar-refractivity contribution >= 4 is 44.2 Å². The first-order valence-electron chi connectivity index (χ1n) is 7.68. The van der Waals surface area contributed by atoms with Gasteiger partial charge in [0, 0.05) is 22.2 Å². The third kappa shape index (κ3) is 6.29. The van der Waals surface area contributed by atoms with E-state index >= 15 is 0 Å². The number of halogens is 1. The molecule has 2 N–H and O–H groups in total. The van der Waals surface area contributed by atoms with Gasteiger partial charge in [-0.3, -0.25) is 4.79 Å². The van der Waals surface area contributed by atoms with Crippen LogP contribution in [0.15, 0.2) is 53.4 Å². The summed E-state index contributed by atoms with van der Waals surface area (Å²) in [4.78, 5) is 12.0. The van der Waals surface area contributed by atoms with Crippen LogP contribution in [0.3, 0.4) is 0 Å². The highest BCUT2D eigenvalue weighted by Crippen LogP contribution is 2.16. The summed E-state index contributed by atoms with van der Waals surface area (Å²) >= 11 is 2.15. The molecule has 0 radical (unpaired) electrons. The number of rotatable bonds is 8. The minimum absolute atomic E-state index is 0.0192. The summed E-state index contributed by atoms with van der Waals surface area (Å²) in [6.07, 6.45) is 0.0434. The lowest BCUT2D eigenvalue weighted by atomic mass is 10.3. The van der Waals surface area contributed by atoms with Gasteiger partial charge in [-0.25, -0.2) is 13.1 Å². The number of ether oxygens (including phenoxy) is 1. The average Bonchev–Trinajstić information content (AvgIpc) is 2.55. The quantitative estimate of drug-likeness (QED) is 0.577. The molecule has 0 saturated carbocycles. The van der Waals surface area contributed by atoms with E-state index in [-0.39, 0.29) is 23.8 Å². The van der Waals surface area contributed by atoms with Gasteiger partial charge in [-0.15, -0.1) is 0 Å². The van der Waals surface area contributed by atoms with Gasteiger partial charge in [0.05, 0.1) is 11.5 Å². The van der Waals surface area contributed by atoms with Crippen LogP contribution in [0.4, 0.5) is 5.69 Å². The van der Waals surface area contributed by atoms with Gasteiger partial charge < -0.3 is 10.1 Å². The lowest BCUT2D eigenvalue weighted by molar-refractivity contribution is -0.116. The van der Waals surface area contributed by atoms with Crippen LogP contribution >= 0.6 is 22.6 Å². The summed E-state index contributed by atoms with van der Waals surface area (Å²) in [7, 11) is -3.65. The molecule has 0 atom stereocenters. The van der Waals surface area contributed by atoms with Crippen molar-refractivity contribution in [1.82, 2.24) is 4.72 Å². The summed E-state index contributed by atoms with van der Waals surface area (Å²) in [5, 5.41) is 2.74. The zero-order valence-electron chi connectivity index (χ0n) is 13.7. The lowest BCUT2D eigenvalue weighted by Gasteiger charge is -2.09. The molecule has 134 valence electrons. The zero-order chi connectivity index (χ0) is 18.3. The van der Waals surface area contributed by atoms with E-state index in [1.54, 1.807) is 18.2 Å². The molecule has 0 fully saturated rings. The molecule has 1 amide bonds. The largest absolute Gasteiger partial charge is 0.494 e. The first-order chi connectivity index (χ1) is 11.9. The van der Waals surface area contributed by atoms with Crippen molar-refractivity contribution in [3.8, 4) is 5.75 Å². The Morgan fingerprint density at radius 2 is 1.88 bits per heavy atom. The van der Waals surface area contributed by atoms with Crippen molar-refractivity contribution in [2.75, 3.05) is 18.5 Å². The predicted octanol–water partition coefficient (Wildman–Crippen LogP) is 3.00. The lowest BCUT2D eigenvalue weighted by Crippen LogP contribution is -2.27. The topological polar surface area (TPSA) is 84.5 Å². The van der Waals surface area contributed by atoms with E-state index in [1.165, 1.54) is 12.1 Å². The van der Waals surface area contributed by atoms with E-state index in [2.05, 4.69) is 32.6 Å². The number of sulfonamides is 1. The highest BCUT2D eigenvalue weighted by Gasteiger charge is 2.14. The maximum absolute atomic E-state index is 12.2. The molecule has 0 heterocycles. The van der Waals surface area contributed by atoms with E-state index in [9.17, 15) is 13.2 Å². The van der Waals surface area contributed by atoms with E-state index in [0.29, 0.717) is 18.0 Å². The molecule has 25 heavy (non-hydrogen) atoms. The standard InChI is InChI=1S/C17H19IN2O4S/c1-2-24-15-6-8-16(9-7-15)25(22,23)19-11-10-17(21)20-14-5-3-4-13(18)12-14/h3-9,12,19H,2,10-11H2,1H3,(H,20,21). The van der Waals surface area contributed by atoms with Crippen LogP contribution in [-0.4, -0.2) is 27.5 Å². The van der Waals surface area contributed by atoms with Gasteiger partial charge in [0.15, 0.2) is 0 Å². The molecule has 0 aromatic heterocycles.